The highest BCUT2D eigenvalue weighted by atomic mass is 16.1. The predicted octanol–water partition coefficient (Wildman–Crippen LogP) is 1.09. The lowest BCUT2D eigenvalue weighted by molar-refractivity contribution is -0.129. The van der Waals surface area contributed by atoms with E-state index in [-0.39, 0.29) is 5.41 Å². The molecule has 0 bridgehead atoms. The van der Waals surface area contributed by atoms with Gasteiger partial charge in [0.15, 0.2) is 0 Å². The van der Waals surface area contributed by atoms with E-state index in [9.17, 15) is 4.79 Å². The molecule has 2 nitrogen and oxygen atoms in total. The molecule has 1 aliphatic rings. The summed E-state index contributed by atoms with van der Waals surface area (Å²) in [5.74, 6) is 0.362. The Labute approximate surface area is 61.8 Å². The third kappa shape index (κ3) is 1.21. The second kappa shape index (κ2) is 2.70. The number of Topliss-reactive ketones (excluding diaryl/α,β-unsaturated/α-hetero) is 1. The second-order valence-corrected chi connectivity index (χ2v) is 3.40. The van der Waals surface area contributed by atoms with Crippen LogP contribution in [0, 0.1) is 5.41 Å². The molecule has 1 saturated carbocycles. The number of hydrogen-bond donors (Lipinski definition) is 1. The molecule has 0 aliphatic heterocycles. The highest BCUT2D eigenvalue weighted by molar-refractivity contribution is 5.85. The van der Waals surface area contributed by atoms with Crippen LogP contribution in [0.4, 0.5) is 0 Å². The van der Waals surface area contributed by atoms with E-state index in [1.54, 1.807) is 0 Å². The molecule has 2 N–H and O–H groups in total. The third-order valence-corrected chi connectivity index (χ3v) is 2.51. The number of ketones is 1. The van der Waals surface area contributed by atoms with Crippen LogP contribution in [0.1, 0.15) is 32.6 Å². The first-order chi connectivity index (χ1) is 4.69. The molecule has 1 rings (SSSR count). The lowest BCUT2D eigenvalue weighted by Crippen LogP contribution is -2.37. The van der Waals surface area contributed by atoms with Crippen molar-refractivity contribution in [1.29, 1.82) is 0 Å². The van der Waals surface area contributed by atoms with Gasteiger partial charge in [-0.3, -0.25) is 4.79 Å². The fourth-order valence-corrected chi connectivity index (χ4v) is 1.46. The molecule has 0 amide bonds. The summed E-state index contributed by atoms with van der Waals surface area (Å²) in [5.41, 5.74) is 5.32. The first-order valence-corrected chi connectivity index (χ1v) is 3.92. The van der Waals surface area contributed by atoms with Crippen molar-refractivity contribution in [3.05, 3.63) is 0 Å². The van der Waals surface area contributed by atoms with E-state index < -0.39 is 0 Å². The largest absolute Gasteiger partial charge is 0.329 e. The van der Waals surface area contributed by atoms with Crippen molar-refractivity contribution in [2.75, 3.05) is 6.54 Å². The average molecular weight is 141 g/mol. The monoisotopic (exact) mass is 141 g/mol. The fourth-order valence-electron chi connectivity index (χ4n) is 1.46. The molecule has 10 heavy (non-hydrogen) atoms. The molecule has 0 spiro atoms. The minimum Gasteiger partial charge on any atom is -0.329 e. The van der Waals surface area contributed by atoms with Crippen molar-refractivity contribution >= 4 is 5.78 Å². The van der Waals surface area contributed by atoms with Crippen LogP contribution in [-0.4, -0.2) is 12.3 Å². The highest BCUT2D eigenvalue weighted by Crippen LogP contribution is 2.31. The minimum atomic E-state index is -0.182. The smallest absolute Gasteiger partial charge is 0.140 e. The number of carbonyl (C=O) groups excluding carboxylic acids is 1. The van der Waals surface area contributed by atoms with Crippen molar-refractivity contribution < 1.29 is 4.79 Å². The molecule has 0 aromatic heterocycles. The Balaban J connectivity index is 2.63. The topological polar surface area (TPSA) is 43.1 Å². The van der Waals surface area contributed by atoms with Gasteiger partial charge in [0.1, 0.15) is 5.78 Å². The van der Waals surface area contributed by atoms with E-state index in [1.807, 2.05) is 6.92 Å². The highest BCUT2D eigenvalue weighted by Gasteiger charge is 2.33. The molecule has 0 heterocycles. The third-order valence-electron chi connectivity index (χ3n) is 2.51. The molecule has 1 unspecified atom stereocenters. The van der Waals surface area contributed by atoms with Crippen LogP contribution < -0.4 is 5.73 Å². The van der Waals surface area contributed by atoms with E-state index in [2.05, 4.69) is 0 Å². The van der Waals surface area contributed by atoms with Crippen molar-refractivity contribution in [2.45, 2.75) is 32.6 Å². The van der Waals surface area contributed by atoms with Crippen LogP contribution in [0.25, 0.3) is 0 Å². The lowest BCUT2D eigenvalue weighted by Gasteiger charge is -2.30. The van der Waals surface area contributed by atoms with Crippen molar-refractivity contribution in [3.63, 3.8) is 0 Å². The van der Waals surface area contributed by atoms with Crippen molar-refractivity contribution in [1.82, 2.24) is 0 Å². The minimum absolute atomic E-state index is 0.182. The quantitative estimate of drug-likeness (QED) is 0.594. The van der Waals surface area contributed by atoms with Crippen molar-refractivity contribution in [2.24, 2.45) is 11.1 Å². The van der Waals surface area contributed by atoms with Gasteiger partial charge in [0.25, 0.3) is 0 Å². The molecular formula is C8H15NO. The summed E-state index contributed by atoms with van der Waals surface area (Å²) in [6.07, 6.45) is 3.96. The summed E-state index contributed by atoms with van der Waals surface area (Å²) in [6, 6.07) is 0. The molecule has 0 aromatic rings. The molecule has 1 aliphatic carbocycles. The van der Waals surface area contributed by atoms with Gasteiger partial charge in [-0.05, 0) is 12.8 Å². The normalized spacial score (nSPS) is 34.4. The number of carbonyl (C=O) groups is 1. The zero-order chi connectivity index (χ0) is 7.61. The Morgan fingerprint density at radius 1 is 1.60 bits per heavy atom. The van der Waals surface area contributed by atoms with Crippen LogP contribution in [0.3, 0.4) is 0 Å². The molecular weight excluding hydrogens is 126 g/mol. The van der Waals surface area contributed by atoms with Gasteiger partial charge in [0, 0.05) is 18.4 Å². The number of nitrogens with two attached hydrogens (primary N) is 1. The van der Waals surface area contributed by atoms with Gasteiger partial charge >= 0.3 is 0 Å². The maximum Gasteiger partial charge on any atom is 0.140 e. The maximum absolute atomic E-state index is 11.3. The van der Waals surface area contributed by atoms with Crippen LogP contribution >= 0.6 is 0 Å². The predicted molar refractivity (Wildman–Crippen MR) is 40.6 cm³/mol. The van der Waals surface area contributed by atoms with Gasteiger partial charge in [0.2, 0.25) is 0 Å². The molecule has 2 heteroatoms. The van der Waals surface area contributed by atoms with Gasteiger partial charge < -0.3 is 5.73 Å². The van der Waals surface area contributed by atoms with E-state index in [4.69, 9.17) is 5.73 Å². The summed E-state index contributed by atoms with van der Waals surface area (Å²) in [7, 11) is 0. The summed E-state index contributed by atoms with van der Waals surface area (Å²) in [5, 5.41) is 0. The molecule has 58 valence electrons. The van der Waals surface area contributed by atoms with Gasteiger partial charge in [-0.25, -0.2) is 0 Å². The lowest BCUT2D eigenvalue weighted by atomic mass is 9.75. The van der Waals surface area contributed by atoms with Gasteiger partial charge in [0.05, 0.1) is 0 Å². The van der Waals surface area contributed by atoms with Gasteiger partial charge in [-0.2, -0.15) is 0 Å². The van der Waals surface area contributed by atoms with E-state index in [1.165, 1.54) is 6.42 Å². The summed E-state index contributed by atoms with van der Waals surface area (Å²) < 4.78 is 0. The standard InChI is InChI=1S/C8H15NO/c1-8(6-9)5-3-2-4-7(8)10/h2-6,9H2,1H3. The zero-order valence-corrected chi connectivity index (χ0v) is 6.52. The first-order valence-electron chi connectivity index (χ1n) is 3.92. The molecule has 0 aromatic carbocycles. The molecule has 0 radical (unpaired) electrons. The Kier molecular flexibility index (Phi) is 2.09. The summed E-state index contributed by atoms with van der Waals surface area (Å²) in [4.78, 5) is 11.3. The summed E-state index contributed by atoms with van der Waals surface area (Å²) >= 11 is 0. The SMILES string of the molecule is CC1(CN)CCCCC1=O. The summed E-state index contributed by atoms with van der Waals surface area (Å²) in [6.45, 7) is 2.50. The van der Waals surface area contributed by atoms with Crippen LogP contribution in [0.2, 0.25) is 0 Å². The van der Waals surface area contributed by atoms with Gasteiger partial charge in [-0.1, -0.05) is 13.3 Å². The average Bonchev–Trinajstić information content (AvgIpc) is 1.96. The van der Waals surface area contributed by atoms with E-state index in [0.717, 1.165) is 19.3 Å². The number of rotatable bonds is 1. The van der Waals surface area contributed by atoms with E-state index >= 15 is 0 Å². The van der Waals surface area contributed by atoms with Gasteiger partial charge in [-0.15, -0.1) is 0 Å². The second-order valence-electron chi connectivity index (χ2n) is 3.40. The maximum atomic E-state index is 11.3. The number of hydrogen-bond acceptors (Lipinski definition) is 2. The van der Waals surface area contributed by atoms with Crippen LogP contribution in [0.5, 0.6) is 0 Å². The Bertz CT molecular complexity index is 144. The first kappa shape index (κ1) is 7.73. The van der Waals surface area contributed by atoms with Crippen LogP contribution in [-0.2, 0) is 4.79 Å². The Morgan fingerprint density at radius 2 is 2.30 bits per heavy atom. The van der Waals surface area contributed by atoms with Crippen LogP contribution in [0.15, 0.2) is 0 Å². The zero-order valence-electron chi connectivity index (χ0n) is 6.52. The van der Waals surface area contributed by atoms with Crippen molar-refractivity contribution in [3.8, 4) is 0 Å². The van der Waals surface area contributed by atoms with E-state index in [0.29, 0.717) is 12.3 Å². The molecule has 1 atom stereocenters. The Morgan fingerprint density at radius 3 is 2.70 bits per heavy atom. The Hall–Kier alpha value is -0.370. The molecule has 0 saturated heterocycles. The fraction of sp³-hybridized carbons (Fsp3) is 0.875. The molecule has 1 fully saturated rings.